The number of methoxy groups -OCH3 is 1. The fourth-order valence-corrected chi connectivity index (χ4v) is 4.26. The highest BCUT2D eigenvalue weighted by Crippen LogP contribution is 2.39. The third kappa shape index (κ3) is 5.21. The summed E-state index contributed by atoms with van der Waals surface area (Å²) in [6.45, 7) is 1.31. The van der Waals surface area contributed by atoms with Crippen LogP contribution in [0, 0.1) is 0 Å². The highest BCUT2D eigenvalue weighted by Gasteiger charge is 2.25. The van der Waals surface area contributed by atoms with Crippen LogP contribution in [0.3, 0.4) is 0 Å². The van der Waals surface area contributed by atoms with Crippen molar-refractivity contribution in [3.05, 3.63) is 40.2 Å². The van der Waals surface area contributed by atoms with E-state index in [0.717, 1.165) is 22.4 Å². The van der Waals surface area contributed by atoms with Crippen LogP contribution in [0.1, 0.15) is 29.3 Å². The van der Waals surface area contributed by atoms with Crippen LogP contribution in [0.4, 0.5) is 17.6 Å². The number of rotatable bonds is 10. The monoisotopic (exact) mass is 402 g/mol. The first kappa shape index (κ1) is 18.3. The second kappa shape index (κ2) is 8.73. The lowest BCUT2D eigenvalue weighted by molar-refractivity contribution is 0.210. The molecule has 0 aliphatic heterocycles. The Morgan fingerprint density at radius 2 is 2.22 bits per heavy atom. The normalized spacial score (nSPS) is 13.7. The summed E-state index contributed by atoms with van der Waals surface area (Å²) >= 11 is 3.45. The van der Waals surface area contributed by atoms with Crippen LogP contribution in [0.2, 0.25) is 0 Å². The minimum atomic E-state index is 0.542. The molecule has 3 heterocycles. The van der Waals surface area contributed by atoms with Crippen LogP contribution < -0.4 is 10.6 Å². The van der Waals surface area contributed by atoms with Crippen molar-refractivity contribution in [1.29, 1.82) is 0 Å². The van der Waals surface area contributed by atoms with Crippen LogP contribution >= 0.6 is 23.1 Å². The van der Waals surface area contributed by atoms with Gasteiger partial charge in [0.1, 0.15) is 10.8 Å². The SMILES string of the molecule is COCCNc1cc(SCc2cccs2)nc(Nc2cc(C3CC3)[nH]n2)n1. The predicted octanol–water partition coefficient (Wildman–Crippen LogP) is 4.23. The first-order valence-electron chi connectivity index (χ1n) is 8.89. The Labute approximate surface area is 166 Å². The number of thiophene rings is 1. The molecule has 3 N–H and O–H groups in total. The van der Waals surface area contributed by atoms with Gasteiger partial charge in [0.25, 0.3) is 0 Å². The van der Waals surface area contributed by atoms with Crippen molar-refractivity contribution in [2.75, 3.05) is 30.9 Å². The molecule has 0 spiro atoms. The number of aromatic amines is 1. The maximum absolute atomic E-state index is 5.11. The summed E-state index contributed by atoms with van der Waals surface area (Å²) in [6, 6.07) is 8.23. The lowest BCUT2D eigenvalue weighted by atomic mass is 10.3. The van der Waals surface area contributed by atoms with Crippen LogP contribution in [0.25, 0.3) is 0 Å². The first-order chi connectivity index (χ1) is 13.3. The summed E-state index contributed by atoms with van der Waals surface area (Å²) in [5.41, 5.74) is 1.18. The average Bonchev–Trinajstić information content (AvgIpc) is 3.19. The second-order valence-corrected chi connectivity index (χ2v) is 8.34. The minimum Gasteiger partial charge on any atom is -0.383 e. The molecular formula is C18H22N6OS2. The van der Waals surface area contributed by atoms with Crippen LogP contribution in [-0.4, -0.2) is 40.4 Å². The standard InChI is InChI=1S/C18H22N6OS2/c1-25-7-6-19-15-10-17(27-11-13-3-2-8-26-13)22-18(20-15)21-16-9-14(23-24-16)12-4-5-12/h2-3,8-10,12H,4-7,11H2,1H3,(H3,19,20,21,22,23,24). The fraction of sp³-hybridized carbons (Fsp3) is 0.389. The molecule has 0 bridgehead atoms. The smallest absolute Gasteiger partial charge is 0.231 e. The summed E-state index contributed by atoms with van der Waals surface area (Å²) in [6.07, 6.45) is 2.47. The quantitative estimate of drug-likeness (QED) is 0.266. The van der Waals surface area contributed by atoms with Gasteiger partial charge in [-0.2, -0.15) is 10.1 Å². The molecule has 0 aromatic carbocycles. The Hall–Kier alpha value is -2.10. The van der Waals surface area contributed by atoms with Gasteiger partial charge in [-0.25, -0.2) is 4.98 Å². The molecule has 0 unspecified atom stereocenters. The van der Waals surface area contributed by atoms with Crippen molar-refractivity contribution in [3.63, 3.8) is 0 Å². The number of nitrogens with one attached hydrogen (secondary N) is 3. The van der Waals surface area contributed by atoms with E-state index in [9.17, 15) is 0 Å². The van der Waals surface area contributed by atoms with Crippen molar-refractivity contribution in [2.24, 2.45) is 0 Å². The van der Waals surface area contributed by atoms with Gasteiger partial charge in [0.15, 0.2) is 5.82 Å². The van der Waals surface area contributed by atoms with Crippen molar-refractivity contribution in [1.82, 2.24) is 20.2 Å². The number of anilines is 3. The van der Waals surface area contributed by atoms with Crippen LogP contribution in [-0.2, 0) is 10.5 Å². The van der Waals surface area contributed by atoms with Gasteiger partial charge in [-0.05, 0) is 24.3 Å². The van der Waals surface area contributed by atoms with Gasteiger partial charge in [0.05, 0.1) is 6.61 Å². The van der Waals surface area contributed by atoms with Gasteiger partial charge in [-0.1, -0.05) is 6.07 Å². The molecule has 9 heteroatoms. The molecule has 0 saturated heterocycles. The first-order valence-corrected chi connectivity index (χ1v) is 10.8. The van der Waals surface area contributed by atoms with Gasteiger partial charge in [0, 0.05) is 48.0 Å². The lowest BCUT2D eigenvalue weighted by Crippen LogP contribution is -2.10. The van der Waals surface area contributed by atoms with Gasteiger partial charge < -0.3 is 15.4 Å². The van der Waals surface area contributed by atoms with Crippen LogP contribution in [0.15, 0.2) is 34.7 Å². The van der Waals surface area contributed by atoms with E-state index in [-0.39, 0.29) is 0 Å². The summed E-state index contributed by atoms with van der Waals surface area (Å²) in [5, 5.41) is 16.9. The Bertz CT molecular complexity index is 863. The number of nitrogens with zero attached hydrogens (tertiary/aromatic N) is 3. The molecule has 3 aromatic rings. The van der Waals surface area contributed by atoms with E-state index in [2.05, 4.69) is 48.3 Å². The van der Waals surface area contributed by atoms with Crippen molar-refractivity contribution in [2.45, 2.75) is 29.5 Å². The van der Waals surface area contributed by atoms with Crippen LogP contribution in [0.5, 0.6) is 0 Å². The van der Waals surface area contributed by atoms with E-state index < -0.39 is 0 Å². The summed E-state index contributed by atoms with van der Waals surface area (Å²) in [5.74, 6) is 3.59. The number of H-pyrrole nitrogens is 1. The largest absolute Gasteiger partial charge is 0.383 e. The third-order valence-corrected chi connectivity index (χ3v) is 6.13. The number of thioether (sulfide) groups is 1. The maximum Gasteiger partial charge on any atom is 0.231 e. The zero-order valence-electron chi connectivity index (χ0n) is 15.1. The third-order valence-electron chi connectivity index (χ3n) is 4.11. The highest BCUT2D eigenvalue weighted by molar-refractivity contribution is 7.98. The molecule has 0 radical (unpaired) electrons. The molecule has 1 fully saturated rings. The molecule has 0 amide bonds. The van der Waals surface area contributed by atoms with E-state index in [0.29, 0.717) is 25.0 Å². The molecule has 1 saturated carbocycles. The molecule has 3 aromatic heterocycles. The number of hydrogen-bond acceptors (Lipinski definition) is 8. The molecule has 142 valence electrons. The molecule has 7 nitrogen and oxygen atoms in total. The fourth-order valence-electron chi connectivity index (χ4n) is 2.58. The van der Waals surface area contributed by atoms with Crippen molar-refractivity contribution in [3.8, 4) is 0 Å². The van der Waals surface area contributed by atoms with Gasteiger partial charge >= 0.3 is 0 Å². The van der Waals surface area contributed by atoms with Gasteiger partial charge in [-0.3, -0.25) is 5.10 Å². The molecule has 4 rings (SSSR count). The molecule has 1 aliphatic carbocycles. The van der Waals surface area contributed by atoms with E-state index in [1.165, 1.54) is 23.4 Å². The van der Waals surface area contributed by atoms with E-state index in [4.69, 9.17) is 4.74 Å². The van der Waals surface area contributed by atoms with Gasteiger partial charge in [-0.15, -0.1) is 23.1 Å². The number of ether oxygens (including phenoxy) is 1. The highest BCUT2D eigenvalue weighted by atomic mass is 32.2. The Morgan fingerprint density at radius 3 is 3.00 bits per heavy atom. The molecule has 0 atom stereocenters. The number of hydrogen-bond donors (Lipinski definition) is 3. The van der Waals surface area contributed by atoms with Crippen molar-refractivity contribution >= 4 is 40.7 Å². The lowest BCUT2D eigenvalue weighted by Gasteiger charge is -2.10. The molecule has 27 heavy (non-hydrogen) atoms. The Balaban J connectivity index is 1.48. The second-order valence-electron chi connectivity index (χ2n) is 6.31. The van der Waals surface area contributed by atoms with E-state index in [1.54, 1.807) is 30.2 Å². The zero-order chi connectivity index (χ0) is 18.5. The summed E-state index contributed by atoms with van der Waals surface area (Å²) in [4.78, 5) is 10.5. The Kier molecular flexibility index (Phi) is 5.90. The molecular weight excluding hydrogens is 380 g/mol. The zero-order valence-corrected chi connectivity index (χ0v) is 16.7. The molecule has 1 aliphatic rings. The van der Waals surface area contributed by atoms with E-state index in [1.807, 2.05) is 12.1 Å². The average molecular weight is 403 g/mol. The predicted molar refractivity (Wildman–Crippen MR) is 110 cm³/mol. The summed E-state index contributed by atoms with van der Waals surface area (Å²) < 4.78 is 5.11. The van der Waals surface area contributed by atoms with Gasteiger partial charge in [0.2, 0.25) is 5.95 Å². The Morgan fingerprint density at radius 1 is 1.30 bits per heavy atom. The summed E-state index contributed by atoms with van der Waals surface area (Å²) in [7, 11) is 1.69. The topological polar surface area (TPSA) is 87.8 Å². The number of aromatic nitrogens is 4. The minimum absolute atomic E-state index is 0.542. The van der Waals surface area contributed by atoms with E-state index >= 15 is 0 Å². The maximum atomic E-state index is 5.11. The van der Waals surface area contributed by atoms with Crippen molar-refractivity contribution < 1.29 is 4.74 Å².